The Kier molecular flexibility index (Phi) is 4.90. The average Bonchev–Trinajstić information content (AvgIpc) is 2.60. The minimum absolute atomic E-state index is 0.0201. The van der Waals surface area contributed by atoms with E-state index in [-0.39, 0.29) is 17.7 Å². The van der Waals surface area contributed by atoms with Crippen molar-refractivity contribution in [1.82, 2.24) is 0 Å². The number of ether oxygens (including phenoxy) is 1. The van der Waals surface area contributed by atoms with Crippen LogP contribution in [0, 0.1) is 10.1 Å². The standard InChI is InChI=1S/C19H22N2O4/c1-25-18-6-3-2-5-15(18)19(9-4-10-19)13-20-16-11-14(12-22)7-8-17(16)21(23)24/h2-3,5-8,11,20,22H,4,9-10,12-13H2,1H3. The molecular formula is C19H22N2O4. The average molecular weight is 342 g/mol. The van der Waals surface area contributed by atoms with Crippen LogP contribution in [0.2, 0.25) is 0 Å². The summed E-state index contributed by atoms with van der Waals surface area (Å²) in [5.74, 6) is 0.850. The second-order valence-electron chi connectivity index (χ2n) is 6.45. The number of nitro groups is 1. The number of aliphatic hydroxyl groups excluding tert-OH is 1. The van der Waals surface area contributed by atoms with Gasteiger partial charge >= 0.3 is 0 Å². The number of hydrogen-bond donors (Lipinski definition) is 2. The molecule has 0 unspecified atom stereocenters. The van der Waals surface area contributed by atoms with E-state index in [1.165, 1.54) is 6.07 Å². The lowest BCUT2D eigenvalue weighted by Crippen LogP contribution is -2.41. The van der Waals surface area contributed by atoms with Crippen molar-refractivity contribution in [3.8, 4) is 5.75 Å². The molecule has 1 aliphatic rings. The predicted molar refractivity (Wildman–Crippen MR) is 96.0 cm³/mol. The monoisotopic (exact) mass is 342 g/mol. The van der Waals surface area contributed by atoms with E-state index in [9.17, 15) is 15.2 Å². The number of para-hydroxylation sites is 1. The first-order chi connectivity index (χ1) is 12.1. The van der Waals surface area contributed by atoms with Crippen LogP contribution in [0.3, 0.4) is 0 Å². The molecule has 0 aliphatic heterocycles. The molecule has 6 heteroatoms. The molecule has 0 aromatic heterocycles. The molecule has 0 amide bonds. The summed E-state index contributed by atoms with van der Waals surface area (Å²) in [4.78, 5) is 10.9. The number of anilines is 1. The highest BCUT2D eigenvalue weighted by atomic mass is 16.6. The summed E-state index contributed by atoms with van der Waals surface area (Å²) in [6.07, 6.45) is 3.14. The van der Waals surface area contributed by atoms with Crippen LogP contribution in [-0.4, -0.2) is 23.7 Å². The highest BCUT2D eigenvalue weighted by Crippen LogP contribution is 2.47. The maximum absolute atomic E-state index is 11.3. The second-order valence-corrected chi connectivity index (χ2v) is 6.45. The molecule has 132 valence electrons. The van der Waals surface area contributed by atoms with Crippen molar-refractivity contribution >= 4 is 11.4 Å². The van der Waals surface area contributed by atoms with Crippen molar-refractivity contribution in [3.05, 3.63) is 63.7 Å². The van der Waals surface area contributed by atoms with E-state index in [4.69, 9.17) is 4.74 Å². The SMILES string of the molecule is COc1ccccc1C1(CNc2cc(CO)ccc2[N+](=O)[O-])CCC1. The molecule has 6 nitrogen and oxygen atoms in total. The maximum Gasteiger partial charge on any atom is 0.292 e. The van der Waals surface area contributed by atoms with Crippen LogP contribution in [-0.2, 0) is 12.0 Å². The number of hydrogen-bond acceptors (Lipinski definition) is 5. The van der Waals surface area contributed by atoms with Gasteiger partial charge in [-0.3, -0.25) is 10.1 Å². The molecule has 2 aromatic rings. The van der Waals surface area contributed by atoms with Gasteiger partial charge in [-0.05, 0) is 36.6 Å². The zero-order chi connectivity index (χ0) is 17.9. The molecule has 0 saturated heterocycles. The minimum Gasteiger partial charge on any atom is -0.496 e. The molecule has 2 N–H and O–H groups in total. The van der Waals surface area contributed by atoms with Crippen molar-refractivity contribution in [3.63, 3.8) is 0 Å². The molecule has 2 aromatic carbocycles. The van der Waals surface area contributed by atoms with Crippen molar-refractivity contribution in [2.45, 2.75) is 31.3 Å². The van der Waals surface area contributed by atoms with E-state index in [1.807, 2.05) is 18.2 Å². The number of methoxy groups -OCH3 is 1. The predicted octanol–water partition coefficient (Wildman–Crippen LogP) is 3.63. The van der Waals surface area contributed by atoms with Gasteiger partial charge in [-0.25, -0.2) is 0 Å². The molecule has 0 atom stereocenters. The third-order valence-corrected chi connectivity index (χ3v) is 5.05. The van der Waals surface area contributed by atoms with Gasteiger partial charge in [0.05, 0.1) is 18.6 Å². The smallest absolute Gasteiger partial charge is 0.292 e. The molecule has 0 heterocycles. The van der Waals surface area contributed by atoms with E-state index in [0.717, 1.165) is 30.6 Å². The fraction of sp³-hybridized carbons (Fsp3) is 0.368. The van der Waals surface area contributed by atoms with Crippen molar-refractivity contribution in [1.29, 1.82) is 0 Å². The number of nitrogens with zero attached hydrogens (tertiary/aromatic N) is 1. The maximum atomic E-state index is 11.3. The van der Waals surface area contributed by atoms with Crippen LogP contribution in [0.25, 0.3) is 0 Å². The first-order valence-electron chi connectivity index (χ1n) is 8.35. The number of nitrogens with one attached hydrogen (secondary N) is 1. The Morgan fingerprint density at radius 3 is 2.64 bits per heavy atom. The fourth-order valence-corrected chi connectivity index (χ4v) is 3.47. The Morgan fingerprint density at radius 2 is 2.04 bits per heavy atom. The first kappa shape index (κ1) is 17.2. The minimum atomic E-state index is -0.403. The normalized spacial score (nSPS) is 15.3. The van der Waals surface area contributed by atoms with E-state index in [2.05, 4.69) is 11.4 Å². The lowest BCUT2D eigenvalue weighted by Gasteiger charge is -2.43. The topological polar surface area (TPSA) is 84.6 Å². The van der Waals surface area contributed by atoms with Gasteiger partial charge in [0, 0.05) is 23.6 Å². The van der Waals surface area contributed by atoms with Crippen LogP contribution in [0.1, 0.15) is 30.4 Å². The number of rotatable bonds is 7. The van der Waals surface area contributed by atoms with E-state index < -0.39 is 4.92 Å². The Balaban J connectivity index is 1.88. The second kappa shape index (κ2) is 7.11. The van der Waals surface area contributed by atoms with Crippen LogP contribution < -0.4 is 10.1 Å². The molecule has 1 aliphatic carbocycles. The van der Waals surface area contributed by atoms with Gasteiger partial charge in [-0.2, -0.15) is 0 Å². The van der Waals surface area contributed by atoms with Crippen LogP contribution in [0.5, 0.6) is 5.75 Å². The van der Waals surface area contributed by atoms with Gasteiger partial charge in [-0.1, -0.05) is 24.6 Å². The summed E-state index contributed by atoms with van der Waals surface area (Å²) in [6.45, 7) is 0.438. The quantitative estimate of drug-likeness (QED) is 0.593. The Bertz CT molecular complexity index is 772. The molecular weight excluding hydrogens is 320 g/mol. The summed E-state index contributed by atoms with van der Waals surface area (Å²) in [7, 11) is 1.66. The molecule has 0 spiro atoms. The van der Waals surface area contributed by atoms with Crippen molar-refractivity contribution in [2.75, 3.05) is 19.0 Å². The highest BCUT2D eigenvalue weighted by molar-refractivity contribution is 5.63. The zero-order valence-corrected chi connectivity index (χ0v) is 14.2. The lowest BCUT2D eigenvalue weighted by atomic mass is 9.64. The summed E-state index contributed by atoms with van der Waals surface area (Å²) in [5.41, 5.74) is 2.16. The van der Waals surface area contributed by atoms with Crippen LogP contribution in [0.4, 0.5) is 11.4 Å². The molecule has 3 rings (SSSR count). The fourth-order valence-electron chi connectivity index (χ4n) is 3.47. The molecule has 1 saturated carbocycles. The lowest BCUT2D eigenvalue weighted by molar-refractivity contribution is -0.384. The number of benzene rings is 2. The third-order valence-electron chi connectivity index (χ3n) is 5.05. The highest BCUT2D eigenvalue weighted by Gasteiger charge is 2.40. The molecule has 1 fully saturated rings. The summed E-state index contributed by atoms with van der Waals surface area (Å²) >= 11 is 0. The van der Waals surface area contributed by atoms with Gasteiger partial charge in [0.2, 0.25) is 0 Å². The van der Waals surface area contributed by atoms with Crippen LogP contribution >= 0.6 is 0 Å². The van der Waals surface area contributed by atoms with Gasteiger partial charge in [0.15, 0.2) is 0 Å². The number of aliphatic hydroxyl groups is 1. The van der Waals surface area contributed by atoms with Crippen molar-refractivity contribution in [2.24, 2.45) is 0 Å². The van der Waals surface area contributed by atoms with E-state index in [0.29, 0.717) is 17.8 Å². The van der Waals surface area contributed by atoms with E-state index in [1.54, 1.807) is 19.2 Å². The third kappa shape index (κ3) is 3.30. The Labute approximate surface area is 146 Å². The van der Waals surface area contributed by atoms with Gasteiger partial charge in [-0.15, -0.1) is 0 Å². The first-order valence-corrected chi connectivity index (χ1v) is 8.35. The van der Waals surface area contributed by atoms with E-state index >= 15 is 0 Å². The van der Waals surface area contributed by atoms with Gasteiger partial charge in [0.25, 0.3) is 5.69 Å². The Hall–Kier alpha value is -2.60. The zero-order valence-electron chi connectivity index (χ0n) is 14.2. The number of nitro benzene ring substituents is 1. The van der Waals surface area contributed by atoms with Gasteiger partial charge in [0.1, 0.15) is 11.4 Å². The van der Waals surface area contributed by atoms with Crippen molar-refractivity contribution < 1.29 is 14.8 Å². The van der Waals surface area contributed by atoms with Crippen LogP contribution in [0.15, 0.2) is 42.5 Å². The summed E-state index contributed by atoms with van der Waals surface area (Å²) in [6, 6.07) is 12.6. The molecule has 0 bridgehead atoms. The Morgan fingerprint density at radius 1 is 1.28 bits per heavy atom. The molecule has 25 heavy (non-hydrogen) atoms. The summed E-state index contributed by atoms with van der Waals surface area (Å²) < 4.78 is 5.51. The molecule has 0 radical (unpaired) electrons. The largest absolute Gasteiger partial charge is 0.496 e. The van der Waals surface area contributed by atoms with Gasteiger partial charge < -0.3 is 15.2 Å². The summed E-state index contributed by atoms with van der Waals surface area (Å²) in [5, 5.41) is 23.8.